The first-order valence-corrected chi connectivity index (χ1v) is 10.8. The van der Waals surface area contributed by atoms with Crippen molar-refractivity contribution in [2.45, 2.75) is 13.0 Å². The molecule has 0 unspecified atom stereocenters. The van der Waals surface area contributed by atoms with Crippen molar-refractivity contribution in [3.8, 4) is 16.9 Å². The molecular formula is C23H22ClN5O2. The molecule has 1 fully saturated rings. The van der Waals surface area contributed by atoms with Gasteiger partial charge in [0.2, 0.25) is 0 Å². The zero-order valence-corrected chi connectivity index (χ0v) is 18.1. The van der Waals surface area contributed by atoms with Gasteiger partial charge in [-0.15, -0.1) is 0 Å². The summed E-state index contributed by atoms with van der Waals surface area (Å²) in [5.41, 5.74) is 6.28. The van der Waals surface area contributed by atoms with Gasteiger partial charge >= 0.3 is 5.69 Å². The van der Waals surface area contributed by atoms with Crippen molar-refractivity contribution < 1.29 is 4.74 Å². The molecule has 0 spiro atoms. The van der Waals surface area contributed by atoms with E-state index in [0.717, 1.165) is 69.7 Å². The van der Waals surface area contributed by atoms with Crippen molar-refractivity contribution in [1.82, 2.24) is 19.9 Å². The van der Waals surface area contributed by atoms with Crippen LogP contribution in [0.3, 0.4) is 0 Å². The first-order valence-electron chi connectivity index (χ1n) is 10.4. The SMILES string of the molecule is Cc1ccc2[nH]c(=O)n(C)c2c1-c1cc2ncc3c(c2cc1Cl)N1CCNC[C@@H]1CO3. The summed E-state index contributed by atoms with van der Waals surface area (Å²) < 4.78 is 7.66. The third-order valence-corrected chi connectivity index (χ3v) is 6.81. The van der Waals surface area contributed by atoms with Gasteiger partial charge in [-0.2, -0.15) is 0 Å². The van der Waals surface area contributed by atoms with E-state index < -0.39 is 0 Å². The van der Waals surface area contributed by atoms with Gasteiger partial charge in [-0.3, -0.25) is 9.55 Å². The molecule has 2 aromatic heterocycles. The summed E-state index contributed by atoms with van der Waals surface area (Å²) in [4.78, 5) is 22.3. The third kappa shape index (κ3) is 2.70. The molecule has 6 rings (SSSR count). The summed E-state index contributed by atoms with van der Waals surface area (Å²) >= 11 is 6.89. The summed E-state index contributed by atoms with van der Waals surface area (Å²) in [6.07, 6.45) is 1.81. The van der Waals surface area contributed by atoms with Gasteiger partial charge in [0.05, 0.1) is 34.5 Å². The van der Waals surface area contributed by atoms with Crippen molar-refractivity contribution in [2.75, 3.05) is 31.1 Å². The second-order valence-corrected chi connectivity index (χ2v) is 8.73. The number of hydrogen-bond acceptors (Lipinski definition) is 5. The topological polar surface area (TPSA) is 75.2 Å². The van der Waals surface area contributed by atoms with E-state index in [0.29, 0.717) is 17.7 Å². The Hall–Kier alpha value is -3.03. The second-order valence-electron chi connectivity index (χ2n) is 8.33. The fourth-order valence-corrected chi connectivity index (χ4v) is 5.20. The molecule has 4 aromatic rings. The maximum atomic E-state index is 12.3. The smallest absolute Gasteiger partial charge is 0.326 e. The highest BCUT2D eigenvalue weighted by atomic mass is 35.5. The van der Waals surface area contributed by atoms with E-state index in [1.54, 1.807) is 11.6 Å². The van der Waals surface area contributed by atoms with Crippen LogP contribution in [0.1, 0.15) is 5.56 Å². The minimum Gasteiger partial charge on any atom is -0.488 e. The minimum absolute atomic E-state index is 0.146. The number of aromatic nitrogens is 3. The van der Waals surface area contributed by atoms with Crippen LogP contribution >= 0.6 is 11.6 Å². The third-order valence-electron chi connectivity index (χ3n) is 6.50. The molecule has 1 atom stereocenters. The number of piperazine rings is 1. The first-order chi connectivity index (χ1) is 15.0. The molecule has 2 aliphatic heterocycles. The number of hydrogen-bond donors (Lipinski definition) is 2. The number of halogens is 1. The predicted molar refractivity (Wildman–Crippen MR) is 124 cm³/mol. The molecule has 2 aromatic carbocycles. The number of H-pyrrole nitrogens is 1. The van der Waals surface area contributed by atoms with Crippen molar-refractivity contribution in [3.63, 3.8) is 0 Å². The van der Waals surface area contributed by atoms with E-state index >= 15 is 0 Å². The van der Waals surface area contributed by atoms with E-state index in [1.165, 1.54) is 0 Å². The summed E-state index contributed by atoms with van der Waals surface area (Å²) in [6.45, 7) is 5.45. The van der Waals surface area contributed by atoms with Gasteiger partial charge in [-0.25, -0.2) is 4.79 Å². The van der Waals surface area contributed by atoms with Gasteiger partial charge in [0.1, 0.15) is 6.61 Å². The Balaban J connectivity index is 1.62. The van der Waals surface area contributed by atoms with Gasteiger partial charge in [0, 0.05) is 48.2 Å². The molecule has 0 bridgehead atoms. The lowest BCUT2D eigenvalue weighted by molar-refractivity contribution is 0.247. The van der Waals surface area contributed by atoms with Crippen LogP contribution in [-0.2, 0) is 7.05 Å². The normalized spacial score (nSPS) is 18.2. The molecule has 2 N–H and O–H groups in total. The second kappa shape index (κ2) is 6.73. The molecule has 31 heavy (non-hydrogen) atoms. The van der Waals surface area contributed by atoms with Crippen LogP contribution in [0.4, 0.5) is 5.69 Å². The van der Waals surface area contributed by atoms with E-state index in [4.69, 9.17) is 21.3 Å². The fourth-order valence-electron chi connectivity index (χ4n) is 4.95. The Morgan fingerprint density at radius 1 is 1.29 bits per heavy atom. The number of nitrogens with zero attached hydrogens (tertiary/aromatic N) is 3. The van der Waals surface area contributed by atoms with Crippen molar-refractivity contribution in [3.05, 3.63) is 51.5 Å². The summed E-state index contributed by atoms with van der Waals surface area (Å²) in [6, 6.07) is 8.27. The van der Waals surface area contributed by atoms with Crippen LogP contribution in [0, 0.1) is 6.92 Å². The molecular weight excluding hydrogens is 414 g/mol. The van der Waals surface area contributed by atoms with E-state index in [2.05, 4.69) is 15.2 Å². The van der Waals surface area contributed by atoms with Crippen molar-refractivity contribution in [1.29, 1.82) is 0 Å². The summed E-state index contributed by atoms with van der Waals surface area (Å²) in [7, 11) is 1.77. The van der Waals surface area contributed by atoms with Crippen LogP contribution in [0.25, 0.3) is 33.1 Å². The number of aryl methyl sites for hydroxylation is 2. The van der Waals surface area contributed by atoms with Gasteiger partial charge in [0.25, 0.3) is 0 Å². The number of rotatable bonds is 1. The number of pyridine rings is 1. The van der Waals surface area contributed by atoms with Crippen molar-refractivity contribution >= 4 is 39.2 Å². The minimum atomic E-state index is -0.146. The highest BCUT2D eigenvalue weighted by molar-refractivity contribution is 6.35. The van der Waals surface area contributed by atoms with Crippen LogP contribution < -0.4 is 20.6 Å². The lowest BCUT2D eigenvalue weighted by Crippen LogP contribution is -2.55. The van der Waals surface area contributed by atoms with Crippen LogP contribution in [0.5, 0.6) is 5.75 Å². The number of imidazole rings is 1. The first kappa shape index (κ1) is 18.7. The molecule has 8 heteroatoms. The summed E-state index contributed by atoms with van der Waals surface area (Å²) in [5.74, 6) is 0.806. The molecule has 0 amide bonds. The average Bonchev–Trinajstić information content (AvgIpc) is 3.07. The monoisotopic (exact) mass is 435 g/mol. The average molecular weight is 436 g/mol. The molecule has 1 saturated heterocycles. The van der Waals surface area contributed by atoms with Gasteiger partial charge < -0.3 is 19.9 Å². The maximum absolute atomic E-state index is 12.3. The number of benzene rings is 2. The Bertz CT molecular complexity index is 1420. The van der Waals surface area contributed by atoms with E-state index in [-0.39, 0.29) is 5.69 Å². The Kier molecular flexibility index (Phi) is 4.07. The molecule has 7 nitrogen and oxygen atoms in total. The van der Waals surface area contributed by atoms with Crippen LogP contribution in [-0.4, -0.2) is 46.8 Å². The lowest BCUT2D eigenvalue weighted by atomic mass is 9.96. The van der Waals surface area contributed by atoms with Gasteiger partial charge in [0.15, 0.2) is 5.75 Å². The van der Waals surface area contributed by atoms with Crippen LogP contribution in [0.15, 0.2) is 35.3 Å². The Morgan fingerprint density at radius 2 is 2.16 bits per heavy atom. The zero-order valence-electron chi connectivity index (χ0n) is 17.3. The maximum Gasteiger partial charge on any atom is 0.326 e. The van der Waals surface area contributed by atoms with Gasteiger partial charge in [-0.1, -0.05) is 17.7 Å². The quantitative estimate of drug-likeness (QED) is 0.480. The Labute approximate surface area is 183 Å². The molecule has 0 radical (unpaired) electrons. The summed E-state index contributed by atoms with van der Waals surface area (Å²) in [5, 5.41) is 5.06. The van der Waals surface area contributed by atoms with Crippen molar-refractivity contribution in [2.24, 2.45) is 7.05 Å². The highest BCUT2D eigenvalue weighted by Gasteiger charge is 2.32. The highest BCUT2D eigenvalue weighted by Crippen LogP contribution is 2.44. The van der Waals surface area contributed by atoms with E-state index in [9.17, 15) is 4.79 Å². The number of aromatic amines is 1. The Morgan fingerprint density at radius 3 is 3.03 bits per heavy atom. The largest absolute Gasteiger partial charge is 0.488 e. The van der Waals surface area contributed by atoms with Crippen LogP contribution in [0.2, 0.25) is 5.02 Å². The number of fused-ring (bicyclic) bond motifs is 6. The predicted octanol–water partition coefficient (Wildman–Crippen LogP) is 3.21. The zero-order chi connectivity index (χ0) is 21.3. The number of ether oxygens (including phenoxy) is 1. The molecule has 0 saturated carbocycles. The molecule has 158 valence electrons. The lowest BCUT2D eigenvalue weighted by Gasteiger charge is -2.42. The van der Waals surface area contributed by atoms with Gasteiger partial charge in [-0.05, 0) is 30.7 Å². The number of nitrogens with one attached hydrogen (secondary N) is 2. The fraction of sp³-hybridized carbons (Fsp3) is 0.304. The van der Waals surface area contributed by atoms with E-state index in [1.807, 2.05) is 37.4 Å². The molecule has 2 aliphatic rings. The molecule has 4 heterocycles. The number of anilines is 1. The molecule has 0 aliphatic carbocycles. The standard InChI is InChI=1S/C23H22ClN5O2/c1-12-3-4-17-22(28(2)23(30)27-17)20(12)14-8-18-15(7-16(14)24)21-19(10-26-18)31-11-13-9-25-5-6-29(13)21/h3-4,7-8,10,13,25H,5-6,9,11H2,1-2H3,(H,27,30)/t13-/m1/s1.